The fraction of sp³-hybridized carbons (Fsp3) is 0.650. The summed E-state index contributed by atoms with van der Waals surface area (Å²) >= 11 is 0. The Labute approximate surface area is 149 Å². The first-order valence-electron chi connectivity index (χ1n) is 9.12. The van der Waals surface area contributed by atoms with Crippen LogP contribution in [0.2, 0.25) is 0 Å². The van der Waals surface area contributed by atoms with E-state index in [0.717, 1.165) is 5.76 Å². The second-order valence-electron chi connectivity index (χ2n) is 7.87. The molecule has 5 atom stereocenters. The van der Waals surface area contributed by atoms with Crippen LogP contribution < -0.4 is 5.32 Å². The van der Waals surface area contributed by atoms with Gasteiger partial charge in [0.25, 0.3) is 0 Å². The van der Waals surface area contributed by atoms with Crippen LogP contribution in [0.25, 0.3) is 0 Å². The molecular formula is C20H29NO4. The van der Waals surface area contributed by atoms with Crippen molar-refractivity contribution in [1.29, 1.82) is 0 Å². The number of fused-ring (bicyclic) bond motifs is 2. The number of rotatable bonds is 4. The molecular weight excluding hydrogens is 318 g/mol. The van der Waals surface area contributed by atoms with E-state index in [-0.39, 0.29) is 35.5 Å². The SMILES string of the molecule is CC1=C[C@@H](C)[C@@]2(COC(=O)NC(C)C)CO[C@H](c3ccco3)[C@H]1[C@@H]2C. The molecule has 1 aromatic heterocycles. The molecule has 0 spiro atoms. The first-order valence-corrected chi connectivity index (χ1v) is 9.12. The average molecular weight is 347 g/mol. The minimum absolute atomic E-state index is 0.0621. The van der Waals surface area contributed by atoms with E-state index in [0.29, 0.717) is 19.1 Å². The van der Waals surface area contributed by atoms with Gasteiger partial charge in [0, 0.05) is 17.4 Å². The predicted octanol–water partition coefficient (Wildman–Crippen LogP) is 4.32. The number of hydrogen-bond acceptors (Lipinski definition) is 4. The Morgan fingerprint density at radius 2 is 2.20 bits per heavy atom. The first kappa shape index (κ1) is 18.1. The largest absolute Gasteiger partial charge is 0.467 e. The minimum Gasteiger partial charge on any atom is -0.467 e. The number of ether oxygens (including phenoxy) is 2. The second kappa shape index (κ2) is 6.87. The van der Waals surface area contributed by atoms with Gasteiger partial charge in [-0.3, -0.25) is 0 Å². The van der Waals surface area contributed by atoms with E-state index < -0.39 is 0 Å². The zero-order chi connectivity index (χ0) is 18.2. The van der Waals surface area contributed by atoms with Crippen molar-refractivity contribution < 1.29 is 18.7 Å². The summed E-state index contributed by atoms with van der Waals surface area (Å²) < 4.78 is 17.5. The van der Waals surface area contributed by atoms with Crippen molar-refractivity contribution in [1.82, 2.24) is 5.32 Å². The third-order valence-corrected chi connectivity index (χ3v) is 5.95. The molecule has 1 N–H and O–H groups in total. The normalized spacial score (nSPS) is 34.6. The maximum absolute atomic E-state index is 12.0. The molecule has 0 unspecified atom stereocenters. The Morgan fingerprint density at radius 3 is 2.84 bits per heavy atom. The number of hydrogen-bond donors (Lipinski definition) is 1. The van der Waals surface area contributed by atoms with E-state index in [1.165, 1.54) is 5.57 Å². The molecule has 1 amide bonds. The lowest BCUT2D eigenvalue weighted by molar-refractivity contribution is -0.170. The van der Waals surface area contributed by atoms with Gasteiger partial charge in [0.2, 0.25) is 0 Å². The molecule has 3 rings (SSSR count). The third kappa shape index (κ3) is 3.22. The Balaban J connectivity index is 1.82. The van der Waals surface area contributed by atoms with Crippen molar-refractivity contribution in [2.75, 3.05) is 13.2 Å². The van der Waals surface area contributed by atoms with Crippen molar-refractivity contribution in [3.8, 4) is 0 Å². The van der Waals surface area contributed by atoms with E-state index in [1.54, 1.807) is 6.26 Å². The van der Waals surface area contributed by atoms with Crippen molar-refractivity contribution in [2.45, 2.75) is 46.8 Å². The van der Waals surface area contributed by atoms with Crippen LogP contribution in [0, 0.1) is 23.2 Å². The maximum atomic E-state index is 12.0. The third-order valence-electron chi connectivity index (χ3n) is 5.95. The van der Waals surface area contributed by atoms with Gasteiger partial charge in [-0.1, -0.05) is 25.5 Å². The van der Waals surface area contributed by atoms with Gasteiger partial charge in [-0.2, -0.15) is 0 Å². The Hall–Kier alpha value is -1.75. The summed E-state index contributed by atoms with van der Waals surface area (Å²) in [7, 11) is 0. The van der Waals surface area contributed by atoms with Gasteiger partial charge in [-0.15, -0.1) is 0 Å². The van der Waals surface area contributed by atoms with Crippen LogP contribution in [-0.4, -0.2) is 25.3 Å². The minimum atomic E-state index is -0.361. The maximum Gasteiger partial charge on any atom is 0.407 e. The van der Waals surface area contributed by atoms with Crippen LogP contribution in [0.4, 0.5) is 4.79 Å². The van der Waals surface area contributed by atoms with Gasteiger partial charge < -0.3 is 19.2 Å². The summed E-state index contributed by atoms with van der Waals surface area (Å²) in [6.45, 7) is 11.4. The molecule has 1 aliphatic carbocycles. The monoisotopic (exact) mass is 347 g/mol. The van der Waals surface area contributed by atoms with E-state index in [2.05, 4.69) is 32.2 Å². The van der Waals surface area contributed by atoms with E-state index in [9.17, 15) is 4.79 Å². The number of furan rings is 1. The number of alkyl carbamates (subject to hydrolysis) is 1. The van der Waals surface area contributed by atoms with E-state index in [1.807, 2.05) is 26.0 Å². The van der Waals surface area contributed by atoms with Gasteiger partial charge in [0.1, 0.15) is 18.5 Å². The van der Waals surface area contributed by atoms with Crippen LogP contribution in [0.15, 0.2) is 34.5 Å². The van der Waals surface area contributed by atoms with Crippen molar-refractivity contribution in [2.24, 2.45) is 23.2 Å². The highest BCUT2D eigenvalue weighted by molar-refractivity contribution is 5.67. The van der Waals surface area contributed by atoms with Crippen LogP contribution >= 0.6 is 0 Å². The van der Waals surface area contributed by atoms with Gasteiger partial charge in [0.15, 0.2) is 0 Å². The molecule has 0 aromatic carbocycles. The number of carbonyl (C=O) groups excluding carboxylic acids is 1. The van der Waals surface area contributed by atoms with E-state index in [4.69, 9.17) is 13.9 Å². The molecule has 1 aromatic rings. The van der Waals surface area contributed by atoms with Crippen molar-refractivity contribution >= 4 is 6.09 Å². The quantitative estimate of drug-likeness (QED) is 0.824. The molecule has 0 saturated carbocycles. The molecule has 2 bridgehead atoms. The van der Waals surface area contributed by atoms with Gasteiger partial charge in [0.05, 0.1) is 12.9 Å². The highest BCUT2D eigenvalue weighted by Gasteiger charge is 2.55. The molecule has 2 heterocycles. The number of allylic oxidation sites excluding steroid dienone is 1. The van der Waals surface area contributed by atoms with Crippen molar-refractivity contribution in [3.63, 3.8) is 0 Å². The molecule has 1 fully saturated rings. The van der Waals surface area contributed by atoms with Gasteiger partial charge in [-0.05, 0) is 44.7 Å². The molecule has 1 saturated heterocycles. The molecule has 5 heteroatoms. The summed E-state index contributed by atoms with van der Waals surface area (Å²) in [6, 6.07) is 3.93. The van der Waals surface area contributed by atoms with Crippen molar-refractivity contribution in [3.05, 3.63) is 35.8 Å². The lowest BCUT2D eigenvalue weighted by atomic mass is 9.56. The highest BCUT2D eigenvalue weighted by atomic mass is 16.6. The van der Waals surface area contributed by atoms with Crippen LogP contribution in [-0.2, 0) is 9.47 Å². The Morgan fingerprint density at radius 1 is 1.44 bits per heavy atom. The zero-order valence-corrected chi connectivity index (χ0v) is 15.7. The summed E-state index contributed by atoms with van der Waals surface area (Å²) in [5.41, 5.74) is 1.12. The molecule has 0 radical (unpaired) electrons. The molecule has 5 nitrogen and oxygen atoms in total. The van der Waals surface area contributed by atoms with Crippen LogP contribution in [0.1, 0.15) is 46.5 Å². The first-order chi connectivity index (χ1) is 11.8. The molecule has 2 aliphatic rings. The predicted molar refractivity (Wildman–Crippen MR) is 95.0 cm³/mol. The second-order valence-corrected chi connectivity index (χ2v) is 7.87. The summed E-state index contributed by atoms with van der Waals surface area (Å²) in [4.78, 5) is 12.0. The fourth-order valence-corrected chi connectivity index (χ4v) is 4.44. The molecule has 25 heavy (non-hydrogen) atoms. The number of carbonyl (C=O) groups is 1. The lowest BCUT2D eigenvalue weighted by Gasteiger charge is -2.54. The summed E-state index contributed by atoms with van der Waals surface area (Å²) in [6.07, 6.45) is 3.56. The Kier molecular flexibility index (Phi) is 4.96. The topological polar surface area (TPSA) is 60.7 Å². The number of amides is 1. The molecule has 1 aliphatic heterocycles. The standard InChI is InChI=1S/C20H29NO4/c1-12(2)21-19(22)25-11-20-10-24-18(16-7-6-8-23-16)17(15(20)5)13(3)9-14(20)4/h6-9,12,14-15,17-18H,10-11H2,1-5H3,(H,21,22)/t14-,15+,17-,18-,20+/m1/s1. The van der Waals surface area contributed by atoms with Gasteiger partial charge in [-0.25, -0.2) is 4.79 Å². The highest BCUT2D eigenvalue weighted by Crippen LogP contribution is 2.56. The van der Waals surface area contributed by atoms with Crippen LogP contribution in [0.3, 0.4) is 0 Å². The fourth-order valence-electron chi connectivity index (χ4n) is 4.44. The van der Waals surface area contributed by atoms with Gasteiger partial charge >= 0.3 is 6.09 Å². The smallest absolute Gasteiger partial charge is 0.407 e. The van der Waals surface area contributed by atoms with Crippen LogP contribution in [0.5, 0.6) is 0 Å². The summed E-state index contributed by atoms with van der Waals surface area (Å²) in [5, 5.41) is 2.79. The zero-order valence-electron chi connectivity index (χ0n) is 15.7. The van der Waals surface area contributed by atoms with E-state index >= 15 is 0 Å². The average Bonchev–Trinajstić information content (AvgIpc) is 3.05. The lowest BCUT2D eigenvalue weighted by Crippen LogP contribution is -2.54. The number of nitrogens with one attached hydrogen (secondary N) is 1. The summed E-state index contributed by atoms with van der Waals surface area (Å²) in [5.74, 6) is 1.70. The molecule has 138 valence electrons. The Bertz CT molecular complexity index is 636.